The van der Waals surface area contributed by atoms with Crippen LogP contribution in [0.1, 0.15) is 18.1 Å². The number of phenolic OH excluding ortho intramolecular Hbond substituents is 3. The van der Waals surface area contributed by atoms with Gasteiger partial charge in [0.1, 0.15) is 17.2 Å². The molecular weight excluding hydrogens is 370 g/mol. The van der Waals surface area contributed by atoms with E-state index in [9.17, 15) is 20.1 Å². The van der Waals surface area contributed by atoms with Crippen LogP contribution in [0, 0.1) is 0 Å². The normalized spacial score (nSPS) is 13.3. The van der Waals surface area contributed by atoms with Crippen LogP contribution >= 0.6 is 0 Å². The minimum absolute atomic E-state index is 0.0746. The lowest BCUT2D eigenvalue weighted by molar-refractivity contribution is 0.0600. The van der Waals surface area contributed by atoms with E-state index in [1.54, 1.807) is 61.5 Å². The summed E-state index contributed by atoms with van der Waals surface area (Å²) in [6.45, 7) is 1.62. The van der Waals surface area contributed by atoms with E-state index in [-0.39, 0.29) is 22.8 Å². The standard InChI is InChI=1S/C23H19NO5/c1-23(29-22(24)28,17-10-11-18(25)14-7-3-2-6-13(14)17)21-16-9-5-4-8-15(16)19(26)12-20(21)27/h2-12,25-27H,1H3,(H2,24,28). The van der Waals surface area contributed by atoms with Crippen molar-refractivity contribution in [2.24, 2.45) is 5.73 Å². The molecule has 0 spiro atoms. The number of benzene rings is 4. The highest BCUT2D eigenvalue weighted by Crippen LogP contribution is 2.47. The third-order valence-corrected chi connectivity index (χ3v) is 5.20. The van der Waals surface area contributed by atoms with Gasteiger partial charge in [-0.3, -0.25) is 0 Å². The number of aromatic hydroxyl groups is 3. The highest BCUT2D eigenvalue weighted by Gasteiger charge is 2.39. The van der Waals surface area contributed by atoms with Crippen LogP contribution in [0.5, 0.6) is 17.2 Å². The number of hydrogen-bond donors (Lipinski definition) is 4. The van der Waals surface area contributed by atoms with Crippen LogP contribution in [0.15, 0.2) is 66.7 Å². The molecule has 4 aromatic rings. The minimum Gasteiger partial charge on any atom is -0.507 e. The average molecular weight is 389 g/mol. The molecule has 0 heterocycles. The van der Waals surface area contributed by atoms with Gasteiger partial charge >= 0.3 is 6.09 Å². The van der Waals surface area contributed by atoms with E-state index < -0.39 is 11.7 Å². The molecule has 0 aliphatic rings. The predicted molar refractivity (Wildman–Crippen MR) is 110 cm³/mol. The Morgan fingerprint density at radius 3 is 1.97 bits per heavy atom. The molecule has 4 aromatic carbocycles. The van der Waals surface area contributed by atoms with Gasteiger partial charge in [-0.1, -0.05) is 54.6 Å². The van der Waals surface area contributed by atoms with Gasteiger partial charge in [-0.05, 0) is 23.8 Å². The highest BCUT2D eigenvalue weighted by molar-refractivity contribution is 5.96. The molecule has 0 aliphatic carbocycles. The Kier molecular flexibility index (Phi) is 4.19. The predicted octanol–water partition coefficient (Wildman–Crippen LogP) is 4.47. The summed E-state index contributed by atoms with van der Waals surface area (Å²) in [5, 5.41) is 33.5. The van der Waals surface area contributed by atoms with Crippen LogP contribution < -0.4 is 5.73 Å². The quantitative estimate of drug-likeness (QED) is 0.413. The molecule has 6 heteroatoms. The minimum atomic E-state index is -1.50. The molecule has 6 nitrogen and oxygen atoms in total. The van der Waals surface area contributed by atoms with Crippen molar-refractivity contribution in [1.29, 1.82) is 0 Å². The number of primary amides is 1. The first-order valence-corrected chi connectivity index (χ1v) is 8.96. The summed E-state index contributed by atoms with van der Waals surface area (Å²) in [6.07, 6.45) is -1.03. The SMILES string of the molecule is CC(OC(N)=O)(c1ccc(O)c2ccccc12)c1c(O)cc(O)c2ccccc12. The summed E-state index contributed by atoms with van der Waals surface area (Å²) in [4.78, 5) is 11.9. The van der Waals surface area contributed by atoms with Crippen molar-refractivity contribution in [2.75, 3.05) is 0 Å². The van der Waals surface area contributed by atoms with Crippen molar-refractivity contribution in [2.45, 2.75) is 12.5 Å². The van der Waals surface area contributed by atoms with Gasteiger partial charge in [0.2, 0.25) is 0 Å². The Hall–Kier alpha value is -3.93. The Balaban J connectivity index is 2.14. The fourth-order valence-corrected chi connectivity index (χ4v) is 3.98. The van der Waals surface area contributed by atoms with Crippen molar-refractivity contribution in [1.82, 2.24) is 0 Å². The summed E-state index contributed by atoms with van der Waals surface area (Å²) in [7, 11) is 0. The van der Waals surface area contributed by atoms with Crippen LogP contribution in [0.25, 0.3) is 21.5 Å². The third-order valence-electron chi connectivity index (χ3n) is 5.20. The zero-order valence-corrected chi connectivity index (χ0v) is 15.6. The lowest BCUT2D eigenvalue weighted by atomic mass is 9.81. The molecule has 146 valence electrons. The van der Waals surface area contributed by atoms with Crippen molar-refractivity contribution in [3.63, 3.8) is 0 Å². The van der Waals surface area contributed by atoms with Gasteiger partial charge < -0.3 is 25.8 Å². The number of carbonyl (C=O) groups is 1. The lowest BCUT2D eigenvalue weighted by Gasteiger charge is -2.32. The van der Waals surface area contributed by atoms with Gasteiger partial charge in [0, 0.05) is 28.0 Å². The molecule has 5 N–H and O–H groups in total. The van der Waals surface area contributed by atoms with E-state index in [4.69, 9.17) is 10.5 Å². The molecule has 0 bridgehead atoms. The molecule has 29 heavy (non-hydrogen) atoms. The first-order valence-electron chi connectivity index (χ1n) is 8.96. The topological polar surface area (TPSA) is 113 Å². The maximum Gasteiger partial charge on any atom is 0.405 e. The van der Waals surface area contributed by atoms with Crippen LogP contribution in [0.3, 0.4) is 0 Å². The largest absolute Gasteiger partial charge is 0.507 e. The van der Waals surface area contributed by atoms with Gasteiger partial charge in [0.25, 0.3) is 0 Å². The Morgan fingerprint density at radius 2 is 1.34 bits per heavy atom. The first kappa shape index (κ1) is 18.4. The molecule has 1 atom stereocenters. The van der Waals surface area contributed by atoms with Gasteiger partial charge in [-0.2, -0.15) is 0 Å². The van der Waals surface area contributed by atoms with Crippen molar-refractivity contribution in [3.8, 4) is 17.2 Å². The lowest BCUT2D eigenvalue weighted by Crippen LogP contribution is -2.33. The zero-order chi connectivity index (χ0) is 20.8. The smallest absolute Gasteiger partial charge is 0.405 e. The van der Waals surface area contributed by atoms with Crippen molar-refractivity contribution in [3.05, 3.63) is 77.9 Å². The molecule has 0 saturated carbocycles. The first-order chi connectivity index (χ1) is 13.8. The van der Waals surface area contributed by atoms with Gasteiger partial charge in [0.05, 0.1) is 0 Å². The molecule has 0 radical (unpaired) electrons. The number of phenols is 3. The second kappa shape index (κ2) is 6.60. The van der Waals surface area contributed by atoms with Gasteiger partial charge in [-0.25, -0.2) is 4.79 Å². The number of carbonyl (C=O) groups excluding carboxylic acids is 1. The van der Waals surface area contributed by atoms with E-state index in [1.165, 1.54) is 12.1 Å². The number of fused-ring (bicyclic) bond motifs is 2. The highest BCUT2D eigenvalue weighted by atomic mass is 16.6. The number of ether oxygens (including phenoxy) is 1. The Morgan fingerprint density at radius 1 is 0.793 bits per heavy atom. The zero-order valence-electron chi connectivity index (χ0n) is 15.6. The van der Waals surface area contributed by atoms with E-state index in [2.05, 4.69) is 0 Å². The van der Waals surface area contributed by atoms with Crippen LogP contribution in [0.4, 0.5) is 4.79 Å². The van der Waals surface area contributed by atoms with Crippen molar-refractivity contribution >= 4 is 27.6 Å². The van der Waals surface area contributed by atoms with Gasteiger partial charge in [-0.15, -0.1) is 0 Å². The fraction of sp³-hybridized carbons (Fsp3) is 0.0870. The summed E-state index contributed by atoms with van der Waals surface area (Å²) >= 11 is 0. The summed E-state index contributed by atoms with van der Waals surface area (Å²) < 4.78 is 5.60. The summed E-state index contributed by atoms with van der Waals surface area (Å²) in [5.41, 5.74) is 4.71. The second-order valence-corrected chi connectivity index (χ2v) is 6.97. The molecule has 0 aromatic heterocycles. The van der Waals surface area contributed by atoms with Crippen molar-refractivity contribution < 1.29 is 24.9 Å². The van der Waals surface area contributed by atoms with E-state index in [1.807, 2.05) is 0 Å². The maximum absolute atomic E-state index is 11.9. The van der Waals surface area contributed by atoms with Crippen LogP contribution in [-0.2, 0) is 10.3 Å². The molecule has 0 aliphatic heterocycles. The molecule has 0 fully saturated rings. The number of amides is 1. The molecule has 4 rings (SSSR count). The molecular formula is C23H19NO5. The Labute approximate surface area is 166 Å². The number of rotatable bonds is 3. The monoisotopic (exact) mass is 389 g/mol. The molecule has 1 unspecified atom stereocenters. The average Bonchev–Trinajstić information content (AvgIpc) is 2.68. The third kappa shape index (κ3) is 2.86. The van der Waals surface area contributed by atoms with Crippen LogP contribution in [-0.4, -0.2) is 21.4 Å². The summed E-state index contributed by atoms with van der Waals surface area (Å²) in [5.74, 6) is -0.272. The van der Waals surface area contributed by atoms with E-state index >= 15 is 0 Å². The second-order valence-electron chi connectivity index (χ2n) is 6.97. The molecule has 1 amide bonds. The van der Waals surface area contributed by atoms with Crippen LogP contribution in [0.2, 0.25) is 0 Å². The summed E-state index contributed by atoms with van der Waals surface area (Å²) in [6, 6.07) is 18.4. The molecule has 0 saturated heterocycles. The fourth-order valence-electron chi connectivity index (χ4n) is 3.98. The Bertz CT molecular complexity index is 1270. The number of hydrogen-bond acceptors (Lipinski definition) is 5. The number of nitrogens with two attached hydrogens (primary N) is 1. The van der Waals surface area contributed by atoms with E-state index in [0.717, 1.165) is 0 Å². The van der Waals surface area contributed by atoms with E-state index in [0.29, 0.717) is 27.1 Å². The maximum atomic E-state index is 11.9. The van der Waals surface area contributed by atoms with Gasteiger partial charge in [0.15, 0.2) is 5.60 Å².